The molecule has 0 amide bonds. The third-order valence-corrected chi connectivity index (χ3v) is 9.44. The first kappa shape index (κ1) is 28.4. The maximum atomic E-state index is 9.87. The number of anilines is 2. The van der Waals surface area contributed by atoms with E-state index in [-0.39, 0.29) is 11.5 Å². The minimum atomic E-state index is -0.378. The highest BCUT2D eigenvalue weighted by Gasteiger charge is 2.58. The Hall–Kier alpha value is -3.42. The molecule has 0 radical (unpaired) electrons. The highest BCUT2D eigenvalue weighted by molar-refractivity contribution is 6.36. The van der Waals surface area contributed by atoms with Crippen molar-refractivity contribution in [1.29, 1.82) is 5.26 Å². The number of nitrogens with one attached hydrogen (secondary N) is 2. The summed E-state index contributed by atoms with van der Waals surface area (Å²) in [6.07, 6.45) is 3.62. The second-order valence-corrected chi connectivity index (χ2v) is 13.9. The van der Waals surface area contributed by atoms with E-state index in [4.69, 9.17) is 27.9 Å². The van der Waals surface area contributed by atoms with Crippen LogP contribution in [0.2, 0.25) is 10.0 Å². The molecule has 2 unspecified atom stereocenters. The first-order chi connectivity index (χ1) is 20.7. The van der Waals surface area contributed by atoms with Gasteiger partial charge >= 0.3 is 0 Å². The predicted molar refractivity (Wildman–Crippen MR) is 169 cm³/mol. The topological polar surface area (TPSA) is 104 Å². The van der Waals surface area contributed by atoms with Crippen molar-refractivity contribution in [2.45, 2.75) is 38.9 Å². The van der Waals surface area contributed by atoms with Crippen molar-refractivity contribution in [3.05, 3.63) is 75.7 Å². The van der Waals surface area contributed by atoms with Crippen molar-refractivity contribution in [2.24, 2.45) is 17.3 Å². The summed E-state index contributed by atoms with van der Waals surface area (Å²) in [4.78, 5) is 7.07. The molecule has 222 valence electrons. The van der Waals surface area contributed by atoms with E-state index < -0.39 is 0 Å². The summed E-state index contributed by atoms with van der Waals surface area (Å²) in [5.41, 5.74) is 4.24. The van der Waals surface area contributed by atoms with Gasteiger partial charge in [0.05, 0.1) is 59.3 Å². The molecule has 2 aliphatic heterocycles. The molecule has 3 aliphatic rings. The molecular weight excluding hydrogens is 583 g/mol. The zero-order valence-corrected chi connectivity index (χ0v) is 25.9. The molecule has 4 atom stereocenters. The zero-order valence-electron chi connectivity index (χ0n) is 24.4. The number of ether oxygens (including phenoxy) is 1. The molecule has 0 spiro atoms. The van der Waals surface area contributed by atoms with Crippen LogP contribution in [-0.2, 0) is 4.74 Å². The fourth-order valence-electron chi connectivity index (χ4n) is 6.38. The summed E-state index contributed by atoms with van der Waals surface area (Å²) >= 11 is 13.5. The Morgan fingerprint density at radius 2 is 1.88 bits per heavy atom. The SMILES string of the molecule is CC(C)(C)CNc1c(C#N)cnc2c(Cl)cc(NC(c3cn(C4[C@H]5CN(C6COC6)C[C@@H]45)nn3)c3ccccc3Cl)cc12. The molecular formula is C32H34Cl2N8O. The average Bonchev–Trinajstić information content (AvgIpc) is 3.26. The molecule has 2 N–H and O–H groups in total. The normalized spacial score (nSPS) is 22.6. The highest BCUT2D eigenvalue weighted by Crippen LogP contribution is 2.55. The van der Waals surface area contributed by atoms with Gasteiger partial charge in [0.25, 0.3) is 0 Å². The van der Waals surface area contributed by atoms with Crippen molar-refractivity contribution >= 4 is 45.5 Å². The second kappa shape index (κ2) is 10.9. The van der Waals surface area contributed by atoms with Gasteiger partial charge < -0.3 is 15.4 Å². The van der Waals surface area contributed by atoms with Crippen molar-refractivity contribution in [3.8, 4) is 6.07 Å². The number of nitrogens with zero attached hydrogens (tertiary/aromatic N) is 6. The van der Waals surface area contributed by atoms with Crippen molar-refractivity contribution in [3.63, 3.8) is 0 Å². The lowest BCUT2D eigenvalue weighted by Crippen LogP contribution is -2.49. The number of likely N-dealkylation sites (tertiary alicyclic amines) is 1. The molecule has 7 rings (SSSR count). The van der Waals surface area contributed by atoms with E-state index in [1.54, 1.807) is 6.20 Å². The van der Waals surface area contributed by atoms with Gasteiger partial charge in [-0.2, -0.15) is 5.26 Å². The fraction of sp³-hybridized carbons (Fsp3) is 0.438. The van der Waals surface area contributed by atoms with Gasteiger partial charge in [-0.3, -0.25) is 9.88 Å². The lowest BCUT2D eigenvalue weighted by atomic mass is 9.96. The standard InChI is InChI=1S/C32H34Cl2N8O/c1-32(2,3)17-37-28-18(10-35)11-36-29-22(28)8-19(9-26(29)34)38-30(21-6-4-5-7-25(21)33)27-14-42(40-39-27)31-23-12-41(13-24(23)31)20-15-43-16-20/h4-9,11,14,20,23-24,30-31,38H,12-13,15-17H2,1-3H3,(H,36,37)/t23-,24+,30?,31?. The lowest BCUT2D eigenvalue weighted by molar-refractivity contribution is -0.0617. The Morgan fingerprint density at radius 1 is 1.12 bits per heavy atom. The van der Waals surface area contributed by atoms with E-state index >= 15 is 0 Å². The molecule has 2 saturated heterocycles. The van der Waals surface area contributed by atoms with Gasteiger partial charge in [-0.25, -0.2) is 4.68 Å². The Kier molecular flexibility index (Phi) is 7.21. The van der Waals surface area contributed by atoms with Gasteiger partial charge in [-0.15, -0.1) is 5.10 Å². The van der Waals surface area contributed by atoms with Crippen molar-refractivity contribution in [2.75, 3.05) is 43.5 Å². The smallest absolute Gasteiger partial charge is 0.110 e. The summed E-state index contributed by atoms with van der Waals surface area (Å²) in [5, 5.41) is 28.1. The number of hydrogen-bond acceptors (Lipinski definition) is 8. The van der Waals surface area contributed by atoms with E-state index in [2.05, 4.69) is 63.9 Å². The van der Waals surface area contributed by atoms with Crippen LogP contribution in [0.15, 0.2) is 48.8 Å². The predicted octanol–water partition coefficient (Wildman–Crippen LogP) is 6.17. The van der Waals surface area contributed by atoms with Crippen LogP contribution in [0, 0.1) is 28.6 Å². The van der Waals surface area contributed by atoms with E-state index in [0.29, 0.717) is 51.6 Å². The Bertz CT molecular complexity index is 1710. The number of rotatable bonds is 8. The van der Waals surface area contributed by atoms with Crippen molar-refractivity contribution < 1.29 is 4.74 Å². The van der Waals surface area contributed by atoms with E-state index in [0.717, 1.165) is 54.3 Å². The van der Waals surface area contributed by atoms with Crippen LogP contribution in [0.25, 0.3) is 10.9 Å². The number of pyridine rings is 1. The van der Waals surface area contributed by atoms with E-state index in [1.165, 1.54) is 0 Å². The van der Waals surface area contributed by atoms with E-state index in [1.807, 2.05) is 41.1 Å². The molecule has 2 aromatic carbocycles. The molecule has 11 heteroatoms. The average molecular weight is 618 g/mol. The van der Waals surface area contributed by atoms with Gasteiger partial charge in [0.15, 0.2) is 0 Å². The monoisotopic (exact) mass is 616 g/mol. The molecule has 2 aromatic heterocycles. The maximum absolute atomic E-state index is 9.87. The molecule has 1 saturated carbocycles. The van der Waals surface area contributed by atoms with Gasteiger partial charge in [0.1, 0.15) is 11.8 Å². The number of fused-ring (bicyclic) bond motifs is 2. The number of hydrogen-bond donors (Lipinski definition) is 2. The van der Waals surface area contributed by atoms with Gasteiger partial charge in [0.2, 0.25) is 0 Å². The summed E-state index contributed by atoms with van der Waals surface area (Å²) in [6, 6.07) is 14.4. The van der Waals surface area contributed by atoms with E-state index in [9.17, 15) is 5.26 Å². The molecule has 9 nitrogen and oxygen atoms in total. The number of aromatic nitrogens is 4. The van der Waals surface area contributed by atoms with Gasteiger partial charge in [-0.1, -0.05) is 67.4 Å². The maximum Gasteiger partial charge on any atom is 0.110 e. The second-order valence-electron chi connectivity index (χ2n) is 13.1. The summed E-state index contributed by atoms with van der Waals surface area (Å²) in [5.74, 6) is 1.20. The molecule has 3 fully saturated rings. The third kappa shape index (κ3) is 5.42. The molecule has 4 aromatic rings. The summed E-state index contributed by atoms with van der Waals surface area (Å²) < 4.78 is 7.43. The van der Waals surface area contributed by atoms with Crippen LogP contribution in [0.4, 0.5) is 11.4 Å². The molecule has 43 heavy (non-hydrogen) atoms. The highest BCUT2D eigenvalue weighted by atomic mass is 35.5. The Labute approximate surface area is 261 Å². The quantitative estimate of drug-likeness (QED) is 0.242. The largest absolute Gasteiger partial charge is 0.383 e. The van der Waals surface area contributed by atoms with Crippen LogP contribution in [-0.4, -0.2) is 63.8 Å². The van der Waals surface area contributed by atoms with Crippen LogP contribution in [0.3, 0.4) is 0 Å². The van der Waals surface area contributed by atoms with Crippen LogP contribution in [0.5, 0.6) is 0 Å². The first-order valence-corrected chi connectivity index (χ1v) is 15.5. The molecule has 4 heterocycles. The third-order valence-electron chi connectivity index (χ3n) is 8.81. The Morgan fingerprint density at radius 3 is 2.56 bits per heavy atom. The number of nitriles is 1. The zero-order chi connectivity index (χ0) is 29.9. The Balaban J connectivity index is 1.21. The minimum absolute atomic E-state index is 0.00685. The minimum Gasteiger partial charge on any atom is -0.383 e. The number of halogens is 2. The fourth-order valence-corrected chi connectivity index (χ4v) is 6.89. The molecule has 0 bridgehead atoms. The lowest BCUT2D eigenvalue weighted by Gasteiger charge is -2.35. The summed E-state index contributed by atoms with van der Waals surface area (Å²) in [7, 11) is 0. The number of piperidine rings is 1. The van der Waals surface area contributed by atoms with Crippen LogP contribution >= 0.6 is 23.2 Å². The van der Waals surface area contributed by atoms with Gasteiger partial charge in [-0.05, 0) is 29.2 Å². The van der Waals surface area contributed by atoms with Gasteiger partial charge in [0, 0.05) is 53.8 Å². The summed E-state index contributed by atoms with van der Waals surface area (Å²) in [6.45, 7) is 11.0. The van der Waals surface area contributed by atoms with Crippen LogP contribution in [0.1, 0.15) is 49.7 Å². The molecule has 1 aliphatic carbocycles. The van der Waals surface area contributed by atoms with Crippen LogP contribution < -0.4 is 10.6 Å². The number of benzene rings is 2. The first-order valence-electron chi connectivity index (χ1n) is 14.7. The van der Waals surface area contributed by atoms with Crippen molar-refractivity contribution in [1.82, 2.24) is 24.9 Å².